The minimum Gasteiger partial charge on any atom is -0.493 e. The van der Waals surface area contributed by atoms with E-state index in [-0.39, 0.29) is 6.04 Å². The molecule has 7 nitrogen and oxygen atoms in total. The molecular formula is C17H24N2O5. The van der Waals surface area contributed by atoms with Crippen molar-refractivity contribution in [2.45, 2.75) is 38.1 Å². The van der Waals surface area contributed by atoms with Crippen molar-refractivity contribution in [1.29, 1.82) is 0 Å². The average Bonchev–Trinajstić information content (AvgIpc) is 2.61. The summed E-state index contributed by atoms with van der Waals surface area (Å²) in [5.41, 5.74) is 0.397. The second-order valence-corrected chi connectivity index (χ2v) is 5.68. The number of amides is 2. The maximum atomic E-state index is 12.1. The first kappa shape index (κ1) is 17.9. The molecule has 1 saturated carbocycles. The molecule has 1 aliphatic rings. The Morgan fingerprint density at radius 1 is 0.917 bits per heavy atom. The number of methoxy groups -OCH3 is 3. The molecule has 7 heteroatoms. The van der Waals surface area contributed by atoms with Gasteiger partial charge in [0.25, 0.3) is 0 Å². The van der Waals surface area contributed by atoms with Crippen LogP contribution >= 0.6 is 0 Å². The third-order valence-electron chi connectivity index (χ3n) is 4.07. The highest BCUT2D eigenvalue weighted by molar-refractivity contribution is 6.39. The van der Waals surface area contributed by atoms with Crippen molar-refractivity contribution in [1.82, 2.24) is 5.32 Å². The Kier molecular flexibility index (Phi) is 6.28. The van der Waals surface area contributed by atoms with Gasteiger partial charge in [0, 0.05) is 23.9 Å². The van der Waals surface area contributed by atoms with Gasteiger partial charge in [0.2, 0.25) is 5.75 Å². The van der Waals surface area contributed by atoms with Crippen molar-refractivity contribution < 1.29 is 23.8 Å². The van der Waals surface area contributed by atoms with Crippen LogP contribution in [0.15, 0.2) is 12.1 Å². The molecule has 24 heavy (non-hydrogen) atoms. The third-order valence-corrected chi connectivity index (χ3v) is 4.07. The fourth-order valence-corrected chi connectivity index (χ4v) is 2.84. The Morgan fingerprint density at radius 2 is 1.50 bits per heavy atom. The maximum Gasteiger partial charge on any atom is 0.313 e. The molecule has 0 atom stereocenters. The summed E-state index contributed by atoms with van der Waals surface area (Å²) in [6, 6.07) is 3.23. The van der Waals surface area contributed by atoms with Gasteiger partial charge < -0.3 is 24.8 Å². The van der Waals surface area contributed by atoms with Crippen molar-refractivity contribution >= 4 is 17.5 Å². The average molecular weight is 336 g/mol. The maximum absolute atomic E-state index is 12.1. The largest absolute Gasteiger partial charge is 0.493 e. The highest BCUT2D eigenvalue weighted by Crippen LogP contribution is 2.39. The molecule has 1 aliphatic carbocycles. The quantitative estimate of drug-likeness (QED) is 0.804. The van der Waals surface area contributed by atoms with E-state index in [1.54, 1.807) is 12.1 Å². The number of hydrogen-bond acceptors (Lipinski definition) is 5. The van der Waals surface area contributed by atoms with Gasteiger partial charge in [0.15, 0.2) is 11.5 Å². The van der Waals surface area contributed by atoms with Crippen LogP contribution < -0.4 is 24.8 Å². The number of rotatable bonds is 5. The van der Waals surface area contributed by atoms with Crippen molar-refractivity contribution in [2.24, 2.45) is 0 Å². The van der Waals surface area contributed by atoms with E-state index in [0.717, 1.165) is 25.7 Å². The zero-order valence-corrected chi connectivity index (χ0v) is 14.3. The molecule has 1 aromatic carbocycles. The van der Waals surface area contributed by atoms with Gasteiger partial charge in [-0.05, 0) is 12.8 Å². The van der Waals surface area contributed by atoms with Crippen LogP contribution in [0.2, 0.25) is 0 Å². The van der Waals surface area contributed by atoms with Gasteiger partial charge in [-0.3, -0.25) is 9.59 Å². The van der Waals surface area contributed by atoms with E-state index >= 15 is 0 Å². The fourth-order valence-electron chi connectivity index (χ4n) is 2.84. The van der Waals surface area contributed by atoms with Crippen LogP contribution in [0.4, 0.5) is 5.69 Å². The van der Waals surface area contributed by atoms with E-state index in [9.17, 15) is 9.59 Å². The predicted octanol–water partition coefficient (Wildman–Crippen LogP) is 2.10. The first-order valence-electron chi connectivity index (χ1n) is 8.01. The van der Waals surface area contributed by atoms with E-state index in [2.05, 4.69) is 10.6 Å². The molecule has 0 spiro atoms. The molecular weight excluding hydrogens is 312 g/mol. The van der Waals surface area contributed by atoms with Gasteiger partial charge in [0.1, 0.15) is 0 Å². The molecule has 0 saturated heterocycles. The number of hydrogen-bond donors (Lipinski definition) is 2. The smallest absolute Gasteiger partial charge is 0.313 e. The van der Waals surface area contributed by atoms with Crippen molar-refractivity contribution in [3.05, 3.63) is 12.1 Å². The van der Waals surface area contributed by atoms with Crippen LogP contribution in [-0.2, 0) is 9.59 Å². The van der Waals surface area contributed by atoms with Gasteiger partial charge in [-0.2, -0.15) is 0 Å². The lowest BCUT2D eigenvalue weighted by Crippen LogP contribution is -2.42. The second-order valence-electron chi connectivity index (χ2n) is 5.68. The van der Waals surface area contributed by atoms with Gasteiger partial charge in [-0.1, -0.05) is 19.3 Å². The summed E-state index contributed by atoms with van der Waals surface area (Å²) in [6.07, 6.45) is 5.19. The SMILES string of the molecule is COc1cc(NC(=O)C(=O)NC2CCCCC2)cc(OC)c1OC. The molecule has 0 aromatic heterocycles. The van der Waals surface area contributed by atoms with E-state index in [1.165, 1.54) is 27.8 Å². The minimum atomic E-state index is -0.713. The Morgan fingerprint density at radius 3 is 2.00 bits per heavy atom. The van der Waals surface area contributed by atoms with Crippen molar-refractivity contribution in [3.63, 3.8) is 0 Å². The first-order chi connectivity index (χ1) is 11.6. The summed E-state index contributed by atoms with van der Waals surface area (Å²) in [5.74, 6) is -0.116. The first-order valence-corrected chi connectivity index (χ1v) is 8.01. The summed E-state index contributed by atoms with van der Waals surface area (Å²) >= 11 is 0. The van der Waals surface area contributed by atoms with Gasteiger partial charge >= 0.3 is 11.8 Å². The highest BCUT2D eigenvalue weighted by atomic mass is 16.5. The number of ether oxygens (including phenoxy) is 3. The molecule has 2 N–H and O–H groups in total. The van der Waals surface area contributed by atoms with Gasteiger partial charge in [0.05, 0.1) is 21.3 Å². The Bertz CT molecular complexity index is 572. The summed E-state index contributed by atoms with van der Waals surface area (Å²) < 4.78 is 15.7. The molecule has 2 rings (SSSR count). The number of carbonyl (C=O) groups excluding carboxylic acids is 2. The van der Waals surface area contributed by atoms with Crippen LogP contribution in [0, 0.1) is 0 Å². The zero-order valence-electron chi connectivity index (χ0n) is 14.3. The molecule has 2 amide bonds. The lowest BCUT2D eigenvalue weighted by Gasteiger charge is -2.22. The second kappa shape index (κ2) is 8.42. The third kappa shape index (κ3) is 4.31. The molecule has 0 bridgehead atoms. The minimum absolute atomic E-state index is 0.0805. The molecule has 132 valence electrons. The highest BCUT2D eigenvalue weighted by Gasteiger charge is 2.21. The number of anilines is 1. The lowest BCUT2D eigenvalue weighted by molar-refractivity contribution is -0.136. The van der Waals surface area contributed by atoms with Crippen LogP contribution in [-0.4, -0.2) is 39.2 Å². The van der Waals surface area contributed by atoms with Crippen LogP contribution in [0.5, 0.6) is 17.2 Å². The predicted molar refractivity (Wildman–Crippen MR) is 89.7 cm³/mol. The molecule has 0 unspecified atom stereocenters. The monoisotopic (exact) mass is 336 g/mol. The lowest BCUT2D eigenvalue weighted by atomic mass is 9.95. The van der Waals surface area contributed by atoms with E-state index in [4.69, 9.17) is 14.2 Å². The molecule has 0 aliphatic heterocycles. The number of benzene rings is 1. The van der Waals surface area contributed by atoms with Gasteiger partial charge in [-0.25, -0.2) is 0 Å². The summed E-state index contributed by atoms with van der Waals surface area (Å²) in [5, 5.41) is 5.35. The number of carbonyl (C=O) groups is 2. The summed E-state index contributed by atoms with van der Waals surface area (Å²) in [4.78, 5) is 24.1. The standard InChI is InChI=1S/C17H24N2O5/c1-22-13-9-12(10-14(23-2)15(13)24-3)19-17(21)16(20)18-11-7-5-4-6-8-11/h9-11H,4-8H2,1-3H3,(H,18,20)(H,19,21). The van der Waals surface area contributed by atoms with Crippen LogP contribution in [0.1, 0.15) is 32.1 Å². The van der Waals surface area contributed by atoms with Crippen molar-refractivity contribution in [2.75, 3.05) is 26.6 Å². The Balaban J connectivity index is 2.06. The summed E-state index contributed by atoms with van der Waals surface area (Å²) in [7, 11) is 4.47. The molecule has 0 radical (unpaired) electrons. The topological polar surface area (TPSA) is 85.9 Å². The Hall–Kier alpha value is -2.44. The summed E-state index contributed by atoms with van der Waals surface area (Å²) in [6.45, 7) is 0. The zero-order chi connectivity index (χ0) is 17.5. The molecule has 1 aromatic rings. The molecule has 0 heterocycles. The van der Waals surface area contributed by atoms with E-state index in [0.29, 0.717) is 22.9 Å². The number of nitrogens with one attached hydrogen (secondary N) is 2. The Labute approximate surface area is 141 Å². The fraction of sp³-hybridized carbons (Fsp3) is 0.529. The molecule has 1 fully saturated rings. The van der Waals surface area contributed by atoms with Crippen LogP contribution in [0.25, 0.3) is 0 Å². The van der Waals surface area contributed by atoms with Gasteiger partial charge in [-0.15, -0.1) is 0 Å². The van der Waals surface area contributed by atoms with E-state index < -0.39 is 11.8 Å². The van der Waals surface area contributed by atoms with E-state index in [1.807, 2.05) is 0 Å². The van der Waals surface area contributed by atoms with Crippen LogP contribution in [0.3, 0.4) is 0 Å². The normalized spacial score (nSPS) is 14.6. The van der Waals surface area contributed by atoms with Crippen molar-refractivity contribution in [3.8, 4) is 17.2 Å².